The van der Waals surface area contributed by atoms with Crippen LogP contribution in [0.4, 0.5) is 0 Å². The molecule has 0 heterocycles. The molecule has 21 heavy (non-hydrogen) atoms. The molecule has 3 rings (SSSR count). The molecule has 0 aromatic heterocycles. The number of carbonyl (C=O) groups excluding carboxylic acids is 1. The van der Waals surface area contributed by atoms with Crippen molar-refractivity contribution in [3.8, 4) is 0 Å². The van der Waals surface area contributed by atoms with Gasteiger partial charge in [-0.05, 0) is 41.6 Å². The molecule has 0 saturated heterocycles. The molecule has 0 bridgehead atoms. The van der Waals surface area contributed by atoms with Crippen LogP contribution in [0.25, 0.3) is 10.8 Å². The van der Waals surface area contributed by atoms with Gasteiger partial charge in [-0.3, -0.25) is 4.79 Å². The van der Waals surface area contributed by atoms with Crippen LogP contribution in [-0.4, -0.2) is 12.3 Å². The standard InChI is InChI=1S/C19H23NO/c20-14-19(10-4-1-5-11-19)13-18(21)17-9-8-15-6-2-3-7-16(15)12-17/h2-3,6-9,12H,1,4-5,10-11,13-14,20H2. The van der Waals surface area contributed by atoms with E-state index in [0.717, 1.165) is 23.8 Å². The number of carbonyl (C=O) groups is 1. The van der Waals surface area contributed by atoms with Crippen LogP contribution in [0.2, 0.25) is 0 Å². The van der Waals surface area contributed by atoms with Crippen LogP contribution in [0, 0.1) is 5.41 Å². The number of nitrogens with two attached hydrogens (primary N) is 1. The highest BCUT2D eigenvalue weighted by atomic mass is 16.1. The number of rotatable bonds is 4. The van der Waals surface area contributed by atoms with Crippen molar-refractivity contribution in [2.45, 2.75) is 38.5 Å². The number of hydrogen-bond acceptors (Lipinski definition) is 2. The zero-order valence-corrected chi connectivity index (χ0v) is 12.5. The summed E-state index contributed by atoms with van der Waals surface area (Å²) < 4.78 is 0. The van der Waals surface area contributed by atoms with E-state index >= 15 is 0 Å². The van der Waals surface area contributed by atoms with Gasteiger partial charge in [0.15, 0.2) is 5.78 Å². The van der Waals surface area contributed by atoms with E-state index in [2.05, 4.69) is 12.1 Å². The number of ketones is 1. The second-order valence-electron chi connectivity index (χ2n) is 6.43. The van der Waals surface area contributed by atoms with Gasteiger partial charge in [0.2, 0.25) is 0 Å². The monoisotopic (exact) mass is 281 g/mol. The van der Waals surface area contributed by atoms with Gasteiger partial charge in [-0.25, -0.2) is 0 Å². The Balaban J connectivity index is 1.82. The van der Waals surface area contributed by atoms with Crippen molar-refractivity contribution in [2.24, 2.45) is 11.1 Å². The van der Waals surface area contributed by atoms with E-state index in [1.54, 1.807) is 0 Å². The summed E-state index contributed by atoms with van der Waals surface area (Å²) in [4.78, 5) is 12.7. The SMILES string of the molecule is NCC1(CC(=O)c2ccc3ccccc3c2)CCCCC1. The maximum atomic E-state index is 12.7. The molecule has 2 N–H and O–H groups in total. The average Bonchev–Trinajstić information content (AvgIpc) is 2.55. The summed E-state index contributed by atoms with van der Waals surface area (Å²) in [6.45, 7) is 0.631. The van der Waals surface area contributed by atoms with Crippen molar-refractivity contribution in [1.29, 1.82) is 0 Å². The maximum Gasteiger partial charge on any atom is 0.163 e. The van der Waals surface area contributed by atoms with Gasteiger partial charge in [0, 0.05) is 12.0 Å². The Kier molecular flexibility index (Phi) is 4.07. The molecule has 1 aliphatic carbocycles. The molecule has 0 spiro atoms. The topological polar surface area (TPSA) is 43.1 Å². The largest absolute Gasteiger partial charge is 0.330 e. The van der Waals surface area contributed by atoms with E-state index in [1.807, 2.05) is 30.3 Å². The van der Waals surface area contributed by atoms with Gasteiger partial charge in [-0.1, -0.05) is 55.7 Å². The first-order chi connectivity index (χ1) is 10.2. The number of hydrogen-bond donors (Lipinski definition) is 1. The minimum atomic E-state index is 0.0426. The van der Waals surface area contributed by atoms with E-state index in [-0.39, 0.29) is 11.2 Å². The Morgan fingerprint density at radius 3 is 2.43 bits per heavy atom. The van der Waals surface area contributed by atoms with Gasteiger partial charge < -0.3 is 5.73 Å². The van der Waals surface area contributed by atoms with Crippen molar-refractivity contribution in [2.75, 3.05) is 6.54 Å². The van der Waals surface area contributed by atoms with Gasteiger partial charge >= 0.3 is 0 Å². The number of fused-ring (bicyclic) bond motifs is 1. The molecule has 0 amide bonds. The molecule has 2 aromatic carbocycles. The third-order valence-corrected chi connectivity index (χ3v) is 4.95. The molecule has 0 atom stereocenters. The summed E-state index contributed by atoms with van der Waals surface area (Å²) >= 11 is 0. The van der Waals surface area contributed by atoms with Crippen LogP contribution < -0.4 is 5.73 Å². The molecular weight excluding hydrogens is 258 g/mol. The molecule has 0 unspecified atom stereocenters. The average molecular weight is 281 g/mol. The third-order valence-electron chi connectivity index (χ3n) is 4.95. The van der Waals surface area contributed by atoms with Crippen molar-refractivity contribution < 1.29 is 4.79 Å². The maximum absolute atomic E-state index is 12.7. The Hall–Kier alpha value is -1.67. The lowest BCUT2D eigenvalue weighted by molar-refractivity contribution is 0.0868. The minimum absolute atomic E-state index is 0.0426. The molecule has 0 radical (unpaired) electrons. The summed E-state index contributed by atoms with van der Waals surface area (Å²) in [5.41, 5.74) is 6.87. The highest BCUT2D eigenvalue weighted by Gasteiger charge is 2.33. The quantitative estimate of drug-likeness (QED) is 0.848. The van der Waals surface area contributed by atoms with Gasteiger partial charge in [0.25, 0.3) is 0 Å². The van der Waals surface area contributed by atoms with Gasteiger partial charge in [-0.15, -0.1) is 0 Å². The zero-order chi connectivity index (χ0) is 14.7. The van der Waals surface area contributed by atoms with Gasteiger partial charge in [-0.2, -0.15) is 0 Å². The Bertz CT molecular complexity index is 641. The normalized spacial score (nSPS) is 17.8. The molecule has 0 aliphatic heterocycles. The van der Waals surface area contributed by atoms with Crippen molar-refractivity contribution in [3.05, 3.63) is 48.0 Å². The van der Waals surface area contributed by atoms with E-state index < -0.39 is 0 Å². The molecule has 1 aliphatic rings. The summed E-state index contributed by atoms with van der Waals surface area (Å²) in [7, 11) is 0. The Labute approximate surface area is 126 Å². The smallest absolute Gasteiger partial charge is 0.163 e. The molecule has 2 nitrogen and oxygen atoms in total. The highest BCUT2D eigenvalue weighted by molar-refractivity contribution is 6.00. The molecule has 110 valence electrons. The fourth-order valence-corrected chi connectivity index (χ4v) is 3.56. The van der Waals surface area contributed by atoms with Crippen LogP contribution in [-0.2, 0) is 0 Å². The summed E-state index contributed by atoms with van der Waals surface area (Å²) in [6.07, 6.45) is 6.50. The Morgan fingerprint density at radius 2 is 1.71 bits per heavy atom. The van der Waals surface area contributed by atoms with Gasteiger partial charge in [0.1, 0.15) is 0 Å². The fourth-order valence-electron chi connectivity index (χ4n) is 3.56. The first kappa shape index (κ1) is 14.3. The molecule has 2 aromatic rings. The molecule has 1 saturated carbocycles. The predicted molar refractivity (Wildman–Crippen MR) is 87.5 cm³/mol. The first-order valence-electron chi connectivity index (χ1n) is 7.95. The molecule has 1 fully saturated rings. The summed E-state index contributed by atoms with van der Waals surface area (Å²) in [5.74, 6) is 0.244. The van der Waals surface area contributed by atoms with Crippen molar-refractivity contribution >= 4 is 16.6 Å². The second-order valence-corrected chi connectivity index (χ2v) is 6.43. The van der Waals surface area contributed by atoms with Crippen LogP contribution in [0.3, 0.4) is 0 Å². The van der Waals surface area contributed by atoms with Crippen molar-refractivity contribution in [1.82, 2.24) is 0 Å². The minimum Gasteiger partial charge on any atom is -0.330 e. The number of benzene rings is 2. The highest BCUT2D eigenvalue weighted by Crippen LogP contribution is 2.39. The summed E-state index contributed by atoms with van der Waals surface area (Å²) in [6, 6.07) is 14.2. The van der Waals surface area contributed by atoms with Crippen LogP contribution in [0.1, 0.15) is 48.9 Å². The molecule has 2 heteroatoms. The second kappa shape index (κ2) is 5.98. The Morgan fingerprint density at radius 1 is 1.00 bits per heavy atom. The van der Waals surface area contributed by atoms with Crippen LogP contribution in [0.5, 0.6) is 0 Å². The predicted octanol–water partition coefficient (Wildman–Crippen LogP) is 4.32. The first-order valence-corrected chi connectivity index (χ1v) is 7.95. The van der Waals surface area contributed by atoms with Crippen LogP contribution in [0.15, 0.2) is 42.5 Å². The van der Waals surface area contributed by atoms with Crippen molar-refractivity contribution in [3.63, 3.8) is 0 Å². The van der Waals surface area contributed by atoms with Crippen LogP contribution >= 0.6 is 0 Å². The number of Topliss-reactive ketones (excluding diaryl/α,β-unsaturated/α-hetero) is 1. The lowest BCUT2D eigenvalue weighted by atomic mass is 9.70. The zero-order valence-electron chi connectivity index (χ0n) is 12.5. The van der Waals surface area contributed by atoms with E-state index in [0.29, 0.717) is 13.0 Å². The van der Waals surface area contributed by atoms with E-state index in [1.165, 1.54) is 24.6 Å². The lowest BCUT2D eigenvalue weighted by Gasteiger charge is -2.35. The fraction of sp³-hybridized carbons (Fsp3) is 0.421. The third kappa shape index (κ3) is 3.01. The molecular formula is C19H23NO. The summed E-state index contributed by atoms with van der Waals surface area (Å²) in [5, 5.41) is 2.31. The van der Waals surface area contributed by atoms with Gasteiger partial charge in [0.05, 0.1) is 0 Å². The van der Waals surface area contributed by atoms with E-state index in [9.17, 15) is 4.79 Å². The van der Waals surface area contributed by atoms with E-state index in [4.69, 9.17) is 5.73 Å². The lowest BCUT2D eigenvalue weighted by Crippen LogP contribution is -2.35.